The molecule has 19 heavy (non-hydrogen) atoms. The van der Waals surface area contributed by atoms with E-state index in [1.807, 2.05) is 6.92 Å². The van der Waals surface area contributed by atoms with E-state index < -0.39 is 0 Å². The molecule has 1 heterocycles. The minimum atomic E-state index is 0.306. The fourth-order valence-corrected chi connectivity index (χ4v) is 1.93. The van der Waals surface area contributed by atoms with Crippen molar-refractivity contribution in [2.75, 3.05) is 23.3 Å². The molecule has 0 atom stereocenters. The van der Waals surface area contributed by atoms with Gasteiger partial charge >= 0.3 is 0 Å². The van der Waals surface area contributed by atoms with Gasteiger partial charge in [-0.1, -0.05) is 6.92 Å². The highest BCUT2D eigenvalue weighted by molar-refractivity contribution is 5.58. The quantitative estimate of drug-likeness (QED) is 0.817. The van der Waals surface area contributed by atoms with Crippen LogP contribution < -0.4 is 10.2 Å². The van der Waals surface area contributed by atoms with E-state index in [9.17, 15) is 0 Å². The average molecular weight is 261 g/mol. The molecule has 1 aromatic heterocycles. The molecule has 0 aliphatic carbocycles. The summed E-state index contributed by atoms with van der Waals surface area (Å²) in [5.41, 5.74) is 1.04. The van der Waals surface area contributed by atoms with Crippen LogP contribution in [0.4, 0.5) is 11.6 Å². The summed E-state index contributed by atoms with van der Waals surface area (Å²) in [6.45, 7) is 9.96. The Morgan fingerprint density at radius 3 is 2.74 bits per heavy atom. The first kappa shape index (κ1) is 15.2. The molecule has 0 saturated heterocycles. The lowest BCUT2D eigenvalue weighted by Crippen LogP contribution is -2.33. The van der Waals surface area contributed by atoms with Gasteiger partial charge in [-0.2, -0.15) is 5.26 Å². The fraction of sp³-hybridized carbons (Fsp3) is 0.643. The molecule has 104 valence electrons. The zero-order valence-electron chi connectivity index (χ0n) is 12.3. The second-order valence-corrected chi connectivity index (χ2v) is 4.79. The van der Waals surface area contributed by atoms with Crippen LogP contribution in [0.5, 0.6) is 0 Å². The summed E-state index contributed by atoms with van der Waals surface area (Å²) in [5, 5.41) is 12.1. The monoisotopic (exact) mass is 261 g/mol. The van der Waals surface area contributed by atoms with Gasteiger partial charge < -0.3 is 10.2 Å². The summed E-state index contributed by atoms with van der Waals surface area (Å²) in [4.78, 5) is 10.8. The van der Waals surface area contributed by atoms with Crippen molar-refractivity contribution in [3.8, 4) is 6.07 Å². The van der Waals surface area contributed by atoms with Crippen molar-refractivity contribution in [1.82, 2.24) is 9.97 Å². The zero-order valence-corrected chi connectivity index (χ0v) is 12.3. The number of aromatic nitrogens is 2. The normalized spacial score (nSPS) is 10.3. The predicted molar refractivity (Wildman–Crippen MR) is 78.3 cm³/mol. The Bertz CT molecular complexity index is 436. The largest absolute Gasteiger partial charge is 0.370 e. The van der Waals surface area contributed by atoms with Gasteiger partial charge in [0.2, 0.25) is 0 Å². The van der Waals surface area contributed by atoms with Crippen molar-refractivity contribution in [1.29, 1.82) is 5.26 Å². The van der Waals surface area contributed by atoms with Crippen LogP contribution in [0.1, 0.15) is 39.2 Å². The molecule has 5 nitrogen and oxygen atoms in total. The average Bonchev–Trinajstić information content (AvgIpc) is 2.39. The molecule has 0 fully saturated rings. The van der Waals surface area contributed by atoms with Gasteiger partial charge in [0.05, 0.1) is 12.5 Å². The topological polar surface area (TPSA) is 64.8 Å². The Hall–Kier alpha value is -1.83. The molecule has 0 aliphatic heterocycles. The van der Waals surface area contributed by atoms with Crippen LogP contribution in [0, 0.1) is 18.3 Å². The molecular formula is C14H23N5. The Morgan fingerprint density at radius 2 is 2.16 bits per heavy atom. The highest BCUT2D eigenvalue weighted by Crippen LogP contribution is 2.23. The van der Waals surface area contributed by atoms with E-state index in [4.69, 9.17) is 5.26 Å². The minimum Gasteiger partial charge on any atom is -0.370 e. The summed E-state index contributed by atoms with van der Waals surface area (Å²) < 4.78 is 0. The van der Waals surface area contributed by atoms with Crippen molar-refractivity contribution in [2.24, 2.45) is 0 Å². The third kappa shape index (κ3) is 4.09. The highest BCUT2D eigenvalue weighted by atomic mass is 15.2. The molecule has 0 aromatic carbocycles. The first-order valence-corrected chi connectivity index (χ1v) is 6.80. The maximum absolute atomic E-state index is 8.76. The third-order valence-electron chi connectivity index (χ3n) is 2.96. The first-order chi connectivity index (χ1) is 9.11. The van der Waals surface area contributed by atoms with Gasteiger partial charge in [-0.05, 0) is 27.2 Å². The molecule has 0 radical (unpaired) electrons. The maximum atomic E-state index is 8.76. The van der Waals surface area contributed by atoms with Gasteiger partial charge in [0.1, 0.15) is 18.0 Å². The molecule has 0 bridgehead atoms. The van der Waals surface area contributed by atoms with Crippen LogP contribution in [0.25, 0.3) is 0 Å². The van der Waals surface area contributed by atoms with Crippen LogP contribution in [-0.4, -0.2) is 29.1 Å². The van der Waals surface area contributed by atoms with Gasteiger partial charge in [-0.3, -0.25) is 0 Å². The molecule has 5 heteroatoms. The standard InChI is InChI=1S/C14H23N5/c1-5-8-16-13-12(4)14(18-10-17-13)19(11(2)3)9-6-7-15/h10-11H,5-6,8-9H2,1-4H3,(H,16,17,18). The number of rotatable bonds is 7. The van der Waals surface area contributed by atoms with E-state index in [0.717, 1.165) is 30.2 Å². The lowest BCUT2D eigenvalue weighted by atomic mass is 10.2. The SMILES string of the molecule is CCCNc1ncnc(N(CCC#N)C(C)C)c1C. The fourth-order valence-electron chi connectivity index (χ4n) is 1.93. The molecule has 1 rings (SSSR count). The maximum Gasteiger partial charge on any atom is 0.137 e. The van der Waals surface area contributed by atoms with Crippen molar-refractivity contribution in [2.45, 2.75) is 46.6 Å². The van der Waals surface area contributed by atoms with Crippen molar-refractivity contribution >= 4 is 11.6 Å². The third-order valence-corrected chi connectivity index (χ3v) is 2.96. The van der Waals surface area contributed by atoms with Crippen molar-refractivity contribution < 1.29 is 0 Å². The van der Waals surface area contributed by atoms with Gasteiger partial charge in [0.15, 0.2) is 0 Å². The molecule has 0 amide bonds. The lowest BCUT2D eigenvalue weighted by Gasteiger charge is -2.28. The van der Waals surface area contributed by atoms with E-state index in [-0.39, 0.29) is 0 Å². The molecular weight excluding hydrogens is 238 g/mol. The number of nitriles is 1. The smallest absolute Gasteiger partial charge is 0.137 e. The highest BCUT2D eigenvalue weighted by Gasteiger charge is 2.16. The van der Waals surface area contributed by atoms with Gasteiger partial charge in [0.25, 0.3) is 0 Å². The van der Waals surface area contributed by atoms with Gasteiger partial charge in [0, 0.05) is 24.7 Å². The Morgan fingerprint density at radius 1 is 1.42 bits per heavy atom. The van der Waals surface area contributed by atoms with Crippen LogP contribution in [0.15, 0.2) is 6.33 Å². The van der Waals surface area contributed by atoms with Crippen LogP contribution in [0.3, 0.4) is 0 Å². The van der Waals surface area contributed by atoms with Gasteiger partial charge in [-0.25, -0.2) is 9.97 Å². The Labute approximate surface area is 115 Å². The lowest BCUT2D eigenvalue weighted by molar-refractivity contribution is 0.673. The number of nitrogens with one attached hydrogen (secondary N) is 1. The molecule has 0 spiro atoms. The number of nitrogens with zero attached hydrogens (tertiary/aromatic N) is 4. The first-order valence-electron chi connectivity index (χ1n) is 6.80. The Kier molecular flexibility index (Phi) is 6.07. The molecule has 1 N–H and O–H groups in total. The van der Waals surface area contributed by atoms with Crippen LogP contribution in [0.2, 0.25) is 0 Å². The summed E-state index contributed by atoms with van der Waals surface area (Å²) in [7, 11) is 0. The number of anilines is 2. The molecule has 0 unspecified atom stereocenters. The van der Waals surface area contributed by atoms with E-state index >= 15 is 0 Å². The summed E-state index contributed by atoms with van der Waals surface area (Å²) >= 11 is 0. The summed E-state index contributed by atoms with van der Waals surface area (Å²) in [5.74, 6) is 1.80. The summed E-state index contributed by atoms with van der Waals surface area (Å²) in [6.07, 6.45) is 3.14. The van der Waals surface area contributed by atoms with E-state index in [2.05, 4.69) is 47.0 Å². The van der Waals surface area contributed by atoms with Gasteiger partial charge in [-0.15, -0.1) is 0 Å². The van der Waals surface area contributed by atoms with E-state index in [1.54, 1.807) is 6.33 Å². The molecule has 0 saturated carbocycles. The van der Waals surface area contributed by atoms with E-state index in [0.29, 0.717) is 19.0 Å². The van der Waals surface area contributed by atoms with E-state index in [1.165, 1.54) is 0 Å². The predicted octanol–water partition coefficient (Wildman–Crippen LogP) is 2.74. The summed E-state index contributed by atoms with van der Waals surface area (Å²) in [6, 6.07) is 2.50. The Balaban J connectivity index is 2.99. The van der Waals surface area contributed by atoms with Crippen LogP contribution in [-0.2, 0) is 0 Å². The van der Waals surface area contributed by atoms with Crippen molar-refractivity contribution in [3.63, 3.8) is 0 Å². The second kappa shape index (κ2) is 7.57. The number of hydrogen-bond acceptors (Lipinski definition) is 5. The van der Waals surface area contributed by atoms with Crippen LogP contribution >= 0.6 is 0 Å². The molecule has 1 aromatic rings. The number of hydrogen-bond donors (Lipinski definition) is 1. The zero-order chi connectivity index (χ0) is 14.3. The minimum absolute atomic E-state index is 0.306. The molecule has 0 aliphatic rings. The second-order valence-electron chi connectivity index (χ2n) is 4.79. The van der Waals surface area contributed by atoms with Crippen molar-refractivity contribution in [3.05, 3.63) is 11.9 Å².